The molecule has 2 rings (SSSR count). The van der Waals surface area contributed by atoms with E-state index >= 15 is 0 Å². The first-order chi connectivity index (χ1) is 9.20. The average Bonchev–Trinajstić information content (AvgIpc) is 2.42. The lowest BCUT2D eigenvalue weighted by Gasteiger charge is -2.34. The third kappa shape index (κ3) is 4.16. The molecule has 0 unspecified atom stereocenters. The minimum Gasteiger partial charge on any atom is -0.395 e. The van der Waals surface area contributed by atoms with Crippen molar-refractivity contribution in [3.05, 3.63) is 34.6 Å². The van der Waals surface area contributed by atoms with Gasteiger partial charge >= 0.3 is 0 Å². The average molecular weight is 286 g/mol. The van der Waals surface area contributed by atoms with E-state index in [1.54, 1.807) is 6.07 Å². The summed E-state index contributed by atoms with van der Waals surface area (Å²) in [5, 5.41) is 9.70. The molecule has 0 aromatic heterocycles. The van der Waals surface area contributed by atoms with Crippen LogP contribution in [0.5, 0.6) is 0 Å². The molecular weight excluding hydrogens is 265 g/mol. The van der Waals surface area contributed by atoms with Crippen LogP contribution in [-0.2, 0) is 6.54 Å². The van der Waals surface area contributed by atoms with Gasteiger partial charge in [0.1, 0.15) is 5.82 Å². The molecule has 0 bridgehead atoms. The van der Waals surface area contributed by atoms with E-state index in [2.05, 4.69) is 4.90 Å². The Balaban J connectivity index is 2.06. The summed E-state index contributed by atoms with van der Waals surface area (Å²) in [6, 6.07) is 5.06. The molecule has 1 aliphatic rings. The number of benzene rings is 1. The van der Waals surface area contributed by atoms with Gasteiger partial charge in [0.2, 0.25) is 0 Å². The first-order valence-corrected chi connectivity index (χ1v) is 7.37. The minimum atomic E-state index is -0.305. The fourth-order valence-corrected chi connectivity index (χ4v) is 3.06. The van der Waals surface area contributed by atoms with E-state index in [1.165, 1.54) is 44.2 Å². The van der Waals surface area contributed by atoms with Crippen LogP contribution >= 0.6 is 11.6 Å². The lowest BCUT2D eigenvalue weighted by Crippen LogP contribution is -2.38. The van der Waals surface area contributed by atoms with Crippen LogP contribution < -0.4 is 0 Å². The van der Waals surface area contributed by atoms with Crippen molar-refractivity contribution in [3.8, 4) is 0 Å². The Morgan fingerprint density at radius 1 is 1.26 bits per heavy atom. The number of rotatable bonds is 5. The van der Waals surface area contributed by atoms with Crippen molar-refractivity contribution in [2.24, 2.45) is 0 Å². The van der Waals surface area contributed by atoms with Crippen molar-refractivity contribution in [1.82, 2.24) is 4.90 Å². The van der Waals surface area contributed by atoms with Gasteiger partial charge in [-0.25, -0.2) is 4.39 Å². The highest BCUT2D eigenvalue weighted by molar-refractivity contribution is 6.31. The molecule has 0 aliphatic heterocycles. The van der Waals surface area contributed by atoms with Crippen molar-refractivity contribution < 1.29 is 9.50 Å². The highest BCUT2D eigenvalue weighted by Gasteiger charge is 2.21. The molecule has 19 heavy (non-hydrogen) atoms. The zero-order valence-corrected chi connectivity index (χ0v) is 11.9. The second kappa shape index (κ2) is 7.22. The van der Waals surface area contributed by atoms with Crippen LogP contribution in [0.1, 0.15) is 37.7 Å². The summed E-state index contributed by atoms with van der Waals surface area (Å²) in [7, 11) is 0. The molecule has 1 N–H and O–H groups in total. The zero-order valence-electron chi connectivity index (χ0n) is 11.1. The molecule has 4 heteroatoms. The van der Waals surface area contributed by atoms with E-state index in [-0.39, 0.29) is 12.4 Å². The second-order valence-electron chi connectivity index (χ2n) is 5.22. The monoisotopic (exact) mass is 285 g/mol. The Hall–Kier alpha value is -0.640. The number of hydrogen-bond acceptors (Lipinski definition) is 2. The third-order valence-corrected chi connectivity index (χ3v) is 4.22. The number of aliphatic hydroxyl groups is 1. The van der Waals surface area contributed by atoms with Gasteiger partial charge in [-0.05, 0) is 30.5 Å². The molecule has 106 valence electrons. The van der Waals surface area contributed by atoms with E-state index in [0.717, 1.165) is 5.56 Å². The Bertz CT molecular complexity index is 407. The first kappa shape index (κ1) is 14.8. The van der Waals surface area contributed by atoms with Crippen LogP contribution in [0.4, 0.5) is 4.39 Å². The van der Waals surface area contributed by atoms with E-state index in [4.69, 9.17) is 11.6 Å². The Kier molecular flexibility index (Phi) is 5.61. The van der Waals surface area contributed by atoms with Crippen molar-refractivity contribution in [2.75, 3.05) is 13.2 Å². The lowest BCUT2D eigenvalue weighted by molar-refractivity contribution is 0.117. The molecule has 1 aliphatic carbocycles. The second-order valence-corrected chi connectivity index (χ2v) is 5.63. The van der Waals surface area contributed by atoms with Gasteiger partial charge in [-0.15, -0.1) is 0 Å². The van der Waals surface area contributed by atoms with E-state index in [9.17, 15) is 9.50 Å². The van der Waals surface area contributed by atoms with Gasteiger partial charge in [-0.3, -0.25) is 4.90 Å². The number of hydrogen-bond donors (Lipinski definition) is 1. The van der Waals surface area contributed by atoms with Crippen LogP contribution in [0.3, 0.4) is 0 Å². The maximum atomic E-state index is 13.0. The predicted molar refractivity (Wildman–Crippen MR) is 75.8 cm³/mol. The fraction of sp³-hybridized carbons (Fsp3) is 0.600. The molecule has 1 saturated carbocycles. The van der Waals surface area contributed by atoms with Crippen LogP contribution in [0, 0.1) is 5.82 Å². The molecule has 0 spiro atoms. The number of nitrogens with zero attached hydrogens (tertiary/aromatic N) is 1. The van der Waals surface area contributed by atoms with Crippen LogP contribution in [0.15, 0.2) is 18.2 Å². The molecule has 0 atom stereocenters. The Morgan fingerprint density at radius 3 is 2.63 bits per heavy atom. The largest absolute Gasteiger partial charge is 0.395 e. The summed E-state index contributed by atoms with van der Waals surface area (Å²) in [5.74, 6) is -0.305. The Morgan fingerprint density at radius 2 is 2.00 bits per heavy atom. The van der Waals surface area contributed by atoms with Gasteiger partial charge < -0.3 is 5.11 Å². The van der Waals surface area contributed by atoms with Crippen LogP contribution in [-0.4, -0.2) is 29.2 Å². The molecular formula is C15H21ClFNO. The summed E-state index contributed by atoms with van der Waals surface area (Å²) >= 11 is 6.08. The highest BCUT2D eigenvalue weighted by atomic mass is 35.5. The van der Waals surface area contributed by atoms with Gasteiger partial charge in [0.05, 0.1) is 6.61 Å². The number of aliphatic hydroxyl groups excluding tert-OH is 1. The van der Waals surface area contributed by atoms with Gasteiger partial charge in [-0.1, -0.05) is 36.9 Å². The van der Waals surface area contributed by atoms with Crippen molar-refractivity contribution >= 4 is 11.6 Å². The molecule has 0 heterocycles. The number of halogens is 2. The quantitative estimate of drug-likeness (QED) is 0.893. The van der Waals surface area contributed by atoms with Gasteiger partial charge in [0.25, 0.3) is 0 Å². The maximum absolute atomic E-state index is 13.0. The minimum absolute atomic E-state index is 0.148. The van der Waals surface area contributed by atoms with Gasteiger partial charge in [0, 0.05) is 24.2 Å². The smallest absolute Gasteiger partial charge is 0.124 e. The van der Waals surface area contributed by atoms with E-state index in [1.807, 2.05) is 0 Å². The lowest BCUT2D eigenvalue weighted by atomic mass is 9.94. The normalized spacial score (nSPS) is 17.1. The molecule has 0 saturated heterocycles. The van der Waals surface area contributed by atoms with Crippen LogP contribution in [0.25, 0.3) is 0 Å². The summed E-state index contributed by atoms with van der Waals surface area (Å²) in [4.78, 5) is 2.28. The predicted octanol–water partition coefficient (Wildman–Crippen LogP) is 3.61. The molecule has 1 aromatic rings. The van der Waals surface area contributed by atoms with Gasteiger partial charge in [0.15, 0.2) is 0 Å². The Labute approximate surface area is 119 Å². The maximum Gasteiger partial charge on any atom is 0.124 e. The topological polar surface area (TPSA) is 23.5 Å². The van der Waals surface area contributed by atoms with Crippen molar-refractivity contribution in [2.45, 2.75) is 44.7 Å². The SMILES string of the molecule is OCCN(Cc1ccc(F)cc1Cl)C1CCCCC1. The molecule has 0 amide bonds. The summed E-state index contributed by atoms with van der Waals surface area (Å²) in [5.41, 5.74) is 0.932. The van der Waals surface area contributed by atoms with Crippen molar-refractivity contribution in [1.29, 1.82) is 0 Å². The highest BCUT2D eigenvalue weighted by Crippen LogP contribution is 2.26. The molecule has 2 nitrogen and oxygen atoms in total. The third-order valence-electron chi connectivity index (χ3n) is 3.87. The zero-order chi connectivity index (χ0) is 13.7. The fourth-order valence-electron chi connectivity index (χ4n) is 2.83. The van der Waals surface area contributed by atoms with Crippen molar-refractivity contribution in [3.63, 3.8) is 0 Å². The molecule has 1 aromatic carbocycles. The first-order valence-electron chi connectivity index (χ1n) is 6.99. The summed E-state index contributed by atoms with van der Waals surface area (Å²) < 4.78 is 13.0. The molecule has 1 fully saturated rings. The summed E-state index contributed by atoms with van der Waals surface area (Å²) in [6.07, 6.45) is 6.17. The van der Waals surface area contributed by atoms with E-state index in [0.29, 0.717) is 24.2 Å². The van der Waals surface area contributed by atoms with Gasteiger partial charge in [-0.2, -0.15) is 0 Å². The van der Waals surface area contributed by atoms with E-state index < -0.39 is 0 Å². The standard InChI is InChI=1S/C15H21ClFNO/c16-15-10-13(17)7-6-12(15)11-18(8-9-19)14-4-2-1-3-5-14/h6-7,10,14,19H,1-5,8-9,11H2. The molecule has 0 radical (unpaired) electrons. The van der Waals surface area contributed by atoms with Crippen LogP contribution in [0.2, 0.25) is 5.02 Å². The summed E-state index contributed by atoms with van der Waals surface area (Å²) in [6.45, 7) is 1.48.